The number of methoxy groups -OCH3 is 3. The summed E-state index contributed by atoms with van der Waals surface area (Å²) in [6.45, 7) is 1.41. The number of rotatable bonds is 14. The van der Waals surface area contributed by atoms with E-state index < -0.39 is 28.5 Å². The van der Waals surface area contributed by atoms with Gasteiger partial charge in [-0.15, -0.1) is 0 Å². The van der Waals surface area contributed by atoms with Crippen molar-refractivity contribution in [3.63, 3.8) is 0 Å². The molecule has 44 heavy (non-hydrogen) atoms. The quantitative estimate of drug-likeness (QED) is 0.275. The van der Waals surface area contributed by atoms with Gasteiger partial charge < -0.3 is 24.4 Å². The van der Waals surface area contributed by atoms with E-state index in [-0.39, 0.29) is 29.1 Å². The number of hydrogen-bond acceptors (Lipinski definition) is 7. The van der Waals surface area contributed by atoms with E-state index in [1.807, 2.05) is 19.1 Å². The average molecular weight is 624 g/mol. The van der Waals surface area contributed by atoms with Crippen LogP contribution in [0.4, 0.5) is 5.69 Å². The van der Waals surface area contributed by atoms with Gasteiger partial charge in [0.2, 0.25) is 11.8 Å². The molecular formula is C33H41N3O7S. The van der Waals surface area contributed by atoms with Crippen LogP contribution in [0.15, 0.2) is 77.7 Å². The number of sulfonamides is 1. The number of hydrogen-bond donors (Lipinski definition) is 1. The first kappa shape index (κ1) is 32.7. The van der Waals surface area contributed by atoms with Crippen LogP contribution in [0.5, 0.6) is 17.2 Å². The molecule has 2 amide bonds. The summed E-state index contributed by atoms with van der Waals surface area (Å²) in [6, 6.07) is 19.2. The van der Waals surface area contributed by atoms with Crippen LogP contribution < -0.4 is 23.8 Å². The monoisotopic (exact) mass is 623 g/mol. The number of nitrogens with zero attached hydrogens (tertiary/aromatic N) is 2. The first-order valence-corrected chi connectivity index (χ1v) is 16.2. The second-order valence-electron chi connectivity index (χ2n) is 10.7. The Labute approximate surface area is 260 Å². The van der Waals surface area contributed by atoms with Gasteiger partial charge in [-0.2, -0.15) is 0 Å². The van der Waals surface area contributed by atoms with Crippen molar-refractivity contribution in [1.29, 1.82) is 0 Å². The number of benzene rings is 3. The maximum absolute atomic E-state index is 14.3. The van der Waals surface area contributed by atoms with E-state index in [1.54, 1.807) is 49.6 Å². The lowest BCUT2D eigenvalue weighted by atomic mass is 10.1. The Morgan fingerprint density at radius 2 is 1.59 bits per heavy atom. The van der Waals surface area contributed by atoms with Crippen molar-refractivity contribution in [2.24, 2.45) is 0 Å². The van der Waals surface area contributed by atoms with E-state index in [0.29, 0.717) is 23.6 Å². The maximum Gasteiger partial charge on any atom is 0.264 e. The molecule has 1 N–H and O–H groups in total. The second-order valence-corrected chi connectivity index (χ2v) is 12.5. The molecule has 0 bridgehead atoms. The number of ether oxygens (including phenoxy) is 3. The molecule has 0 spiro atoms. The fourth-order valence-electron chi connectivity index (χ4n) is 5.48. The van der Waals surface area contributed by atoms with Crippen LogP contribution in [0.2, 0.25) is 0 Å². The number of carbonyl (C=O) groups excluding carboxylic acids is 2. The molecule has 11 heteroatoms. The Hall–Kier alpha value is -4.25. The van der Waals surface area contributed by atoms with Crippen LogP contribution in [-0.4, -0.2) is 65.1 Å². The highest BCUT2D eigenvalue weighted by Crippen LogP contribution is 2.32. The molecule has 3 aromatic carbocycles. The average Bonchev–Trinajstić information content (AvgIpc) is 3.56. The molecule has 0 unspecified atom stereocenters. The molecule has 3 aromatic rings. The Bertz CT molecular complexity index is 1530. The lowest BCUT2D eigenvalue weighted by Crippen LogP contribution is -2.53. The third-order valence-corrected chi connectivity index (χ3v) is 9.61. The lowest BCUT2D eigenvalue weighted by molar-refractivity contribution is -0.140. The van der Waals surface area contributed by atoms with Crippen molar-refractivity contribution in [2.75, 3.05) is 32.2 Å². The fraction of sp³-hybridized carbons (Fsp3) is 0.394. The van der Waals surface area contributed by atoms with E-state index in [1.165, 1.54) is 37.3 Å². The lowest BCUT2D eigenvalue weighted by Gasteiger charge is -2.34. The Balaban J connectivity index is 1.73. The molecule has 1 fully saturated rings. The summed E-state index contributed by atoms with van der Waals surface area (Å²) in [7, 11) is 0.177. The SMILES string of the molecule is CC[C@H](C(=O)NC1CCCC1)N(Cc1cccc(OC)c1)C(=O)CN(c1ccccc1)S(=O)(=O)c1ccc(OC)c(OC)c1. The van der Waals surface area contributed by atoms with Gasteiger partial charge in [-0.25, -0.2) is 8.42 Å². The van der Waals surface area contributed by atoms with Crippen LogP contribution in [0.3, 0.4) is 0 Å². The van der Waals surface area contributed by atoms with Crippen molar-refractivity contribution in [1.82, 2.24) is 10.2 Å². The maximum atomic E-state index is 14.3. The topological polar surface area (TPSA) is 114 Å². The molecule has 4 rings (SSSR count). The van der Waals surface area contributed by atoms with Crippen LogP contribution in [0.25, 0.3) is 0 Å². The Morgan fingerprint density at radius 3 is 2.23 bits per heavy atom. The van der Waals surface area contributed by atoms with Gasteiger partial charge in [0, 0.05) is 18.7 Å². The molecule has 0 radical (unpaired) electrons. The van der Waals surface area contributed by atoms with Crippen molar-refractivity contribution >= 4 is 27.5 Å². The van der Waals surface area contributed by atoms with Crippen LogP contribution in [0.1, 0.15) is 44.6 Å². The summed E-state index contributed by atoms with van der Waals surface area (Å²) < 4.78 is 45.4. The van der Waals surface area contributed by atoms with E-state index >= 15 is 0 Å². The third kappa shape index (κ3) is 7.63. The largest absolute Gasteiger partial charge is 0.497 e. The molecule has 0 saturated heterocycles. The van der Waals surface area contributed by atoms with E-state index in [2.05, 4.69) is 5.32 Å². The molecule has 10 nitrogen and oxygen atoms in total. The van der Waals surface area contributed by atoms with Gasteiger partial charge >= 0.3 is 0 Å². The molecule has 236 valence electrons. The zero-order valence-electron chi connectivity index (χ0n) is 25.7. The molecule has 1 atom stereocenters. The molecule has 1 saturated carbocycles. The summed E-state index contributed by atoms with van der Waals surface area (Å²) in [5.74, 6) is 0.457. The van der Waals surface area contributed by atoms with Gasteiger partial charge in [-0.3, -0.25) is 13.9 Å². The van der Waals surface area contributed by atoms with Gasteiger partial charge in [0.05, 0.1) is 31.9 Å². The van der Waals surface area contributed by atoms with Crippen LogP contribution in [0, 0.1) is 0 Å². The summed E-state index contributed by atoms with van der Waals surface area (Å²) in [4.78, 5) is 29.3. The van der Waals surface area contributed by atoms with Crippen molar-refractivity contribution < 1.29 is 32.2 Å². The fourth-order valence-corrected chi connectivity index (χ4v) is 6.91. The van der Waals surface area contributed by atoms with Crippen molar-refractivity contribution in [3.8, 4) is 17.2 Å². The van der Waals surface area contributed by atoms with Crippen LogP contribution in [-0.2, 0) is 26.2 Å². The number of amides is 2. The molecule has 0 heterocycles. The first-order valence-electron chi connectivity index (χ1n) is 14.7. The number of anilines is 1. The minimum atomic E-state index is -4.27. The zero-order chi connectivity index (χ0) is 31.7. The molecule has 0 aliphatic heterocycles. The number of para-hydroxylation sites is 1. The Morgan fingerprint density at radius 1 is 0.886 bits per heavy atom. The highest BCUT2D eigenvalue weighted by molar-refractivity contribution is 7.92. The predicted octanol–water partition coefficient (Wildman–Crippen LogP) is 4.77. The standard InChI is InChI=1S/C33H41N3O7S/c1-5-29(33(38)34-25-13-9-10-14-25)35(22-24-12-11-17-27(20-24)41-2)32(37)23-36(26-15-7-6-8-16-26)44(39,40)28-18-19-30(42-3)31(21-28)43-4/h6-8,11-12,15-21,25,29H,5,9-10,13-14,22-23H2,1-4H3,(H,34,38)/t29-/m1/s1. The highest BCUT2D eigenvalue weighted by Gasteiger charge is 2.35. The minimum Gasteiger partial charge on any atom is -0.497 e. The van der Waals surface area contributed by atoms with E-state index in [9.17, 15) is 18.0 Å². The third-order valence-electron chi connectivity index (χ3n) is 7.84. The van der Waals surface area contributed by atoms with E-state index in [4.69, 9.17) is 14.2 Å². The predicted molar refractivity (Wildman–Crippen MR) is 169 cm³/mol. The van der Waals surface area contributed by atoms with Gasteiger partial charge in [0.15, 0.2) is 11.5 Å². The van der Waals surface area contributed by atoms with Gasteiger partial charge in [-0.05, 0) is 61.2 Å². The molecular weight excluding hydrogens is 582 g/mol. The van der Waals surface area contributed by atoms with E-state index in [0.717, 1.165) is 35.6 Å². The molecule has 0 aromatic heterocycles. The summed E-state index contributed by atoms with van der Waals surface area (Å²) in [5, 5.41) is 3.12. The van der Waals surface area contributed by atoms with Gasteiger partial charge in [-0.1, -0.05) is 50.1 Å². The van der Waals surface area contributed by atoms with Gasteiger partial charge in [0.1, 0.15) is 18.3 Å². The number of nitrogens with one attached hydrogen (secondary N) is 1. The normalized spacial score (nSPS) is 14.0. The summed E-state index contributed by atoms with van der Waals surface area (Å²) in [5.41, 5.74) is 1.05. The molecule has 1 aliphatic carbocycles. The highest BCUT2D eigenvalue weighted by atomic mass is 32.2. The summed E-state index contributed by atoms with van der Waals surface area (Å²) in [6.07, 6.45) is 4.25. The first-order chi connectivity index (χ1) is 21.2. The van der Waals surface area contributed by atoms with Crippen LogP contribution >= 0.6 is 0 Å². The minimum absolute atomic E-state index is 0.0663. The summed E-state index contributed by atoms with van der Waals surface area (Å²) >= 11 is 0. The van der Waals surface area contributed by atoms with Crippen molar-refractivity contribution in [3.05, 3.63) is 78.4 Å². The van der Waals surface area contributed by atoms with Gasteiger partial charge in [0.25, 0.3) is 10.0 Å². The smallest absolute Gasteiger partial charge is 0.264 e. The Kier molecular flexibility index (Phi) is 11.1. The number of carbonyl (C=O) groups is 2. The van der Waals surface area contributed by atoms with Crippen molar-refractivity contribution in [2.45, 2.75) is 62.6 Å². The molecule has 1 aliphatic rings. The second kappa shape index (κ2) is 15.0. The zero-order valence-corrected chi connectivity index (χ0v) is 26.5.